The molecule has 1 N–H and O–H groups in total. The first kappa shape index (κ1) is 15.4. The van der Waals surface area contributed by atoms with Crippen molar-refractivity contribution < 1.29 is 14.6 Å². The second-order valence-corrected chi connectivity index (χ2v) is 6.97. The summed E-state index contributed by atoms with van der Waals surface area (Å²) >= 11 is 0. The number of carbonyl (C=O) groups is 1. The van der Waals surface area contributed by atoms with Gasteiger partial charge in [-0.25, -0.2) is 0 Å². The maximum absolute atomic E-state index is 12.9. The van der Waals surface area contributed by atoms with Crippen molar-refractivity contribution in [2.24, 2.45) is 5.41 Å². The summed E-state index contributed by atoms with van der Waals surface area (Å²) < 4.78 is 5.82. The lowest BCUT2D eigenvalue weighted by molar-refractivity contribution is -0.152. The van der Waals surface area contributed by atoms with Crippen molar-refractivity contribution in [3.8, 4) is 0 Å². The number of cyclic esters (lactones) is 1. The standard InChI is InChI=1S/C21H22O3/c22-19-20(14-8-3-9-15-20)21(23,17-12-6-2-7-13-17)18(24-19)16-10-4-1-5-11-16/h1-2,4-7,10-13,18,23H,3,8-9,14-15H2/t18-,21+/m0/s1. The molecule has 1 aliphatic carbocycles. The van der Waals surface area contributed by atoms with Gasteiger partial charge in [0, 0.05) is 0 Å². The van der Waals surface area contributed by atoms with E-state index in [4.69, 9.17) is 4.74 Å². The molecular weight excluding hydrogens is 300 g/mol. The molecule has 2 atom stereocenters. The molecule has 1 saturated carbocycles. The van der Waals surface area contributed by atoms with Crippen LogP contribution >= 0.6 is 0 Å². The molecule has 24 heavy (non-hydrogen) atoms. The molecule has 4 rings (SSSR count). The van der Waals surface area contributed by atoms with Crippen LogP contribution in [-0.4, -0.2) is 11.1 Å². The molecule has 1 heterocycles. The molecule has 2 aromatic rings. The highest BCUT2D eigenvalue weighted by Crippen LogP contribution is 2.61. The normalized spacial score (nSPS) is 28.7. The number of hydrogen-bond donors (Lipinski definition) is 1. The third-order valence-corrected chi connectivity index (χ3v) is 5.75. The highest BCUT2D eigenvalue weighted by atomic mass is 16.6. The van der Waals surface area contributed by atoms with Gasteiger partial charge in [-0.05, 0) is 24.0 Å². The van der Waals surface area contributed by atoms with Crippen LogP contribution in [0.2, 0.25) is 0 Å². The summed E-state index contributed by atoms with van der Waals surface area (Å²) in [5.41, 5.74) is -0.550. The highest BCUT2D eigenvalue weighted by Gasteiger charge is 2.67. The molecule has 2 aliphatic rings. The fourth-order valence-corrected chi connectivity index (χ4v) is 4.51. The maximum Gasteiger partial charge on any atom is 0.316 e. The van der Waals surface area contributed by atoms with E-state index in [1.165, 1.54) is 0 Å². The molecule has 0 unspecified atom stereocenters. The number of hydrogen-bond acceptors (Lipinski definition) is 3. The molecule has 0 aromatic heterocycles. The Hall–Kier alpha value is -2.13. The third-order valence-electron chi connectivity index (χ3n) is 5.75. The second kappa shape index (κ2) is 5.75. The van der Waals surface area contributed by atoms with Crippen LogP contribution in [0.5, 0.6) is 0 Å². The molecule has 0 radical (unpaired) electrons. The van der Waals surface area contributed by atoms with Gasteiger partial charge in [0.2, 0.25) is 0 Å². The largest absolute Gasteiger partial charge is 0.453 e. The summed E-state index contributed by atoms with van der Waals surface area (Å²) in [4.78, 5) is 12.9. The van der Waals surface area contributed by atoms with E-state index < -0.39 is 17.1 Å². The van der Waals surface area contributed by atoms with Crippen LogP contribution in [0.15, 0.2) is 60.7 Å². The van der Waals surface area contributed by atoms with Crippen LogP contribution in [0.25, 0.3) is 0 Å². The zero-order valence-electron chi connectivity index (χ0n) is 13.7. The first-order valence-electron chi connectivity index (χ1n) is 8.72. The van der Waals surface area contributed by atoms with Crippen molar-refractivity contribution in [1.29, 1.82) is 0 Å². The van der Waals surface area contributed by atoms with Crippen molar-refractivity contribution >= 4 is 5.97 Å². The smallest absolute Gasteiger partial charge is 0.316 e. The third kappa shape index (κ3) is 2.04. The van der Waals surface area contributed by atoms with Crippen LogP contribution < -0.4 is 0 Å². The second-order valence-electron chi connectivity index (χ2n) is 6.97. The molecule has 124 valence electrons. The molecule has 0 bridgehead atoms. The summed E-state index contributed by atoms with van der Waals surface area (Å²) in [7, 11) is 0. The fourth-order valence-electron chi connectivity index (χ4n) is 4.51. The average molecular weight is 322 g/mol. The van der Waals surface area contributed by atoms with E-state index >= 15 is 0 Å². The Morgan fingerprint density at radius 3 is 2.08 bits per heavy atom. The molecule has 0 amide bonds. The maximum atomic E-state index is 12.9. The Morgan fingerprint density at radius 1 is 0.875 bits per heavy atom. The van der Waals surface area contributed by atoms with E-state index in [0.29, 0.717) is 12.8 Å². The van der Waals surface area contributed by atoms with Gasteiger partial charge in [-0.2, -0.15) is 0 Å². The van der Waals surface area contributed by atoms with Crippen molar-refractivity contribution in [2.75, 3.05) is 0 Å². The van der Waals surface area contributed by atoms with Crippen LogP contribution in [0.3, 0.4) is 0 Å². The topological polar surface area (TPSA) is 46.5 Å². The monoisotopic (exact) mass is 322 g/mol. The predicted molar refractivity (Wildman–Crippen MR) is 91.1 cm³/mol. The minimum atomic E-state index is -1.33. The molecule has 2 fully saturated rings. The first-order valence-corrected chi connectivity index (χ1v) is 8.72. The number of aliphatic hydroxyl groups is 1. The van der Waals surface area contributed by atoms with Crippen LogP contribution in [0.4, 0.5) is 0 Å². The lowest BCUT2D eigenvalue weighted by Gasteiger charge is -2.43. The van der Waals surface area contributed by atoms with Gasteiger partial charge >= 0.3 is 5.97 Å². The van der Waals surface area contributed by atoms with Crippen molar-refractivity contribution in [3.05, 3.63) is 71.8 Å². The zero-order chi connectivity index (χ0) is 16.6. The molecule has 1 saturated heterocycles. The number of ether oxygens (including phenoxy) is 1. The van der Waals surface area contributed by atoms with Gasteiger partial charge in [0.05, 0.1) is 0 Å². The minimum Gasteiger partial charge on any atom is -0.453 e. The van der Waals surface area contributed by atoms with Gasteiger partial charge in [0.1, 0.15) is 11.0 Å². The zero-order valence-corrected chi connectivity index (χ0v) is 13.7. The van der Waals surface area contributed by atoms with E-state index in [2.05, 4.69) is 0 Å². The number of benzene rings is 2. The molecule has 1 aliphatic heterocycles. The molecular formula is C21H22O3. The minimum absolute atomic E-state index is 0.248. The summed E-state index contributed by atoms with van der Waals surface area (Å²) in [6, 6.07) is 19.2. The summed E-state index contributed by atoms with van der Waals surface area (Å²) in [6.07, 6.45) is 3.71. The Kier molecular flexibility index (Phi) is 3.69. The number of rotatable bonds is 2. The average Bonchev–Trinajstić information content (AvgIpc) is 2.87. The van der Waals surface area contributed by atoms with Gasteiger partial charge in [0.25, 0.3) is 0 Å². The molecule has 3 nitrogen and oxygen atoms in total. The SMILES string of the molecule is O=C1O[C@@H](c2ccccc2)[C@](O)(c2ccccc2)C12CCCCC2. The predicted octanol–water partition coefficient (Wildman–Crippen LogP) is 4.12. The van der Waals surface area contributed by atoms with Gasteiger partial charge in [-0.1, -0.05) is 79.9 Å². The molecule has 3 heteroatoms. The Balaban J connectivity index is 1.91. The quantitative estimate of drug-likeness (QED) is 0.846. The Bertz CT molecular complexity index is 719. The first-order chi connectivity index (χ1) is 11.7. The van der Waals surface area contributed by atoms with E-state index in [-0.39, 0.29) is 5.97 Å². The summed E-state index contributed by atoms with van der Waals surface area (Å²) in [5, 5.41) is 12.0. The Morgan fingerprint density at radius 2 is 1.46 bits per heavy atom. The molecule has 2 aromatic carbocycles. The van der Waals surface area contributed by atoms with E-state index in [0.717, 1.165) is 30.4 Å². The van der Waals surface area contributed by atoms with Crippen molar-refractivity contribution in [3.63, 3.8) is 0 Å². The van der Waals surface area contributed by atoms with Gasteiger partial charge < -0.3 is 9.84 Å². The van der Waals surface area contributed by atoms with Gasteiger partial charge in [0.15, 0.2) is 6.10 Å². The van der Waals surface area contributed by atoms with Crippen LogP contribution in [0.1, 0.15) is 49.3 Å². The summed E-state index contributed by atoms with van der Waals surface area (Å²) in [5.74, 6) is -0.248. The van der Waals surface area contributed by atoms with Crippen molar-refractivity contribution in [1.82, 2.24) is 0 Å². The number of carbonyl (C=O) groups excluding carboxylic acids is 1. The summed E-state index contributed by atoms with van der Waals surface area (Å²) in [6.45, 7) is 0. The highest BCUT2D eigenvalue weighted by molar-refractivity contribution is 5.82. The van der Waals surface area contributed by atoms with Crippen LogP contribution in [0, 0.1) is 5.41 Å². The van der Waals surface area contributed by atoms with Crippen molar-refractivity contribution in [2.45, 2.75) is 43.8 Å². The Labute approximate surface area is 142 Å². The lowest BCUT2D eigenvalue weighted by atomic mass is 9.60. The van der Waals surface area contributed by atoms with Crippen LogP contribution in [-0.2, 0) is 15.1 Å². The van der Waals surface area contributed by atoms with E-state index in [1.54, 1.807) is 0 Å². The fraction of sp³-hybridized carbons (Fsp3) is 0.381. The van der Waals surface area contributed by atoms with E-state index in [1.807, 2.05) is 60.7 Å². The molecule has 1 spiro atoms. The number of esters is 1. The van der Waals surface area contributed by atoms with Gasteiger partial charge in [-0.15, -0.1) is 0 Å². The van der Waals surface area contributed by atoms with Gasteiger partial charge in [-0.3, -0.25) is 4.79 Å². The lowest BCUT2D eigenvalue weighted by Crippen LogP contribution is -2.48. The van der Waals surface area contributed by atoms with E-state index in [9.17, 15) is 9.90 Å².